The van der Waals surface area contributed by atoms with Gasteiger partial charge in [0.1, 0.15) is 6.29 Å². The quantitative estimate of drug-likeness (QED) is 0.675. The molecular weight excluding hydrogens is 200 g/mol. The molecule has 2 aliphatic rings. The molecule has 0 aromatic carbocycles. The van der Waals surface area contributed by atoms with Crippen LogP contribution in [0.1, 0.15) is 32.1 Å². The van der Waals surface area contributed by atoms with Crippen molar-refractivity contribution in [2.45, 2.75) is 42.1 Å². The van der Waals surface area contributed by atoms with Crippen LogP contribution >= 0.6 is 23.5 Å². The van der Waals surface area contributed by atoms with Crippen LogP contribution in [-0.4, -0.2) is 27.8 Å². The molecule has 2 saturated heterocycles. The van der Waals surface area contributed by atoms with E-state index >= 15 is 0 Å². The molecule has 0 spiro atoms. The van der Waals surface area contributed by atoms with Crippen molar-refractivity contribution in [1.82, 2.24) is 0 Å². The maximum absolute atomic E-state index is 11.1. The first-order valence-corrected chi connectivity index (χ1v) is 7.10. The van der Waals surface area contributed by atoms with Crippen LogP contribution in [0.4, 0.5) is 0 Å². The smallest absolute Gasteiger partial charge is 0.136 e. The Morgan fingerprint density at radius 1 is 1.38 bits per heavy atom. The molecule has 2 heterocycles. The first-order valence-electron chi connectivity index (χ1n) is 5.07. The van der Waals surface area contributed by atoms with E-state index in [1.54, 1.807) is 0 Å². The van der Waals surface area contributed by atoms with Crippen molar-refractivity contribution >= 4 is 29.8 Å². The van der Waals surface area contributed by atoms with Crippen LogP contribution in [0, 0.1) is 0 Å². The summed E-state index contributed by atoms with van der Waals surface area (Å²) in [4.78, 5) is 11.1. The first-order chi connectivity index (χ1) is 6.35. The van der Waals surface area contributed by atoms with Crippen LogP contribution in [0.5, 0.6) is 0 Å². The van der Waals surface area contributed by atoms with Gasteiger partial charge in [-0.05, 0) is 43.6 Å². The van der Waals surface area contributed by atoms with Gasteiger partial charge in [0, 0.05) is 5.25 Å². The highest BCUT2D eigenvalue weighted by atomic mass is 32.2. The summed E-state index contributed by atoms with van der Waals surface area (Å²) in [5, 5.41) is 0.774. The Kier molecular flexibility index (Phi) is 3.25. The number of thioether (sulfide) groups is 2. The average Bonchev–Trinajstić information content (AvgIpc) is 2.77. The van der Waals surface area contributed by atoms with Crippen molar-refractivity contribution in [3.8, 4) is 0 Å². The average molecular weight is 216 g/mol. The molecule has 74 valence electrons. The normalized spacial score (nSPS) is 39.5. The predicted octanol–water partition coefficient (Wildman–Crippen LogP) is 2.74. The number of carbonyl (C=O) groups is 1. The molecule has 0 saturated carbocycles. The molecule has 13 heavy (non-hydrogen) atoms. The van der Waals surface area contributed by atoms with Crippen molar-refractivity contribution in [2.75, 3.05) is 11.5 Å². The van der Waals surface area contributed by atoms with E-state index in [0.717, 1.165) is 18.1 Å². The molecule has 0 aromatic heterocycles. The number of hydrogen-bond donors (Lipinski definition) is 0. The predicted molar refractivity (Wildman–Crippen MR) is 60.6 cm³/mol. The fraction of sp³-hybridized carbons (Fsp3) is 0.900. The van der Waals surface area contributed by atoms with Gasteiger partial charge in [-0.2, -0.15) is 11.8 Å². The highest BCUT2D eigenvalue weighted by molar-refractivity contribution is 8.02. The van der Waals surface area contributed by atoms with Crippen molar-refractivity contribution in [2.24, 2.45) is 0 Å². The fourth-order valence-corrected chi connectivity index (χ4v) is 5.10. The summed E-state index contributed by atoms with van der Waals surface area (Å²) in [7, 11) is 0. The number of hydrogen-bond acceptors (Lipinski definition) is 3. The van der Waals surface area contributed by atoms with Crippen molar-refractivity contribution < 1.29 is 4.79 Å². The fourth-order valence-electron chi connectivity index (χ4n) is 2.21. The monoisotopic (exact) mass is 216 g/mol. The molecule has 2 rings (SSSR count). The first kappa shape index (κ1) is 9.91. The van der Waals surface area contributed by atoms with E-state index in [4.69, 9.17) is 0 Å². The maximum Gasteiger partial charge on any atom is 0.136 e. The molecule has 2 aliphatic heterocycles. The van der Waals surface area contributed by atoms with Gasteiger partial charge in [-0.3, -0.25) is 0 Å². The summed E-state index contributed by atoms with van der Waals surface area (Å²) < 4.78 is 0.0159. The standard InChI is InChI=1S/C10H16OS2/c11-8-10(4-2-6-13-10)7-9-3-1-5-12-9/h8-9H,1-7H2. The Morgan fingerprint density at radius 2 is 2.31 bits per heavy atom. The molecule has 0 amide bonds. The van der Waals surface area contributed by atoms with Gasteiger partial charge in [-0.25, -0.2) is 0 Å². The van der Waals surface area contributed by atoms with Gasteiger partial charge in [0.05, 0.1) is 4.75 Å². The third-order valence-corrected chi connectivity index (χ3v) is 5.88. The molecule has 2 fully saturated rings. The number of aldehydes is 1. The zero-order valence-electron chi connectivity index (χ0n) is 7.83. The van der Waals surface area contributed by atoms with E-state index in [-0.39, 0.29) is 4.75 Å². The SMILES string of the molecule is O=CC1(CC2CCCS2)CCCS1. The molecule has 0 aliphatic carbocycles. The second kappa shape index (κ2) is 4.26. The van der Waals surface area contributed by atoms with Crippen LogP contribution in [0.15, 0.2) is 0 Å². The summed E-state index contributed by atoms with van der Waals surface area (Å²) in [6, 6.07) is 0. The van der Waals surface area contributed by atoms with E-state index in [2.05, 4.69) is 11.8 Å². The molecule has 3 heteroatoms. The maximum atomic E-state index is 11.1. The lowest BCUT2D eigenvalue weighted by atomic mass is 9.97. The van der Waals surface area contributed by atoms with E-state index in [9.17, 15) is 4.79 Å². The summed E-state index contributed by atoms with van der Waals surface area (Å²) >= 11 is 3.97. The molecule has 0 bridgehead atoms. The molecule has 2 atom stereocenters. The summed E-state index contributed by atoms with van der Waals surface area (Å²) in [6.07, 6.45) is 7.41. The molecule has 0 radical (unpaired) electrons. The summed E-state index contributed by atoms with van der Waals surface area (Å²) in [5.74, 6) is 2.50. The highest BCUT2D eigenvalue weighted by Gasteiger charge is 2.37. The highest BCUT2D eigenvalue weighted by Crippen LogP contribution is 2.44. The zero-order chi connectivity index (χ0) is 9.15. The van der Waals surface area contributed by atoms with Gasteiger partial charge in [0.25, 0.3) is 0 Å². The van der Waals surface area contributed by atoms with Crippen molar-refractivity contribution in [3.63, 3.8) is 0 Å². The van der Waals surface area contributed by atoms with Gasteiger partial charge in [-0.15, -0.1) is 11.8 Å². The van der Waals surface area contributed by atoms with Gasteiger partial charge >= 0.3 is 0 Å². The largest absolute Gasteiger partial charge is 0.302 e. The number of rotatable bonds is 3. The third-order valence-electron chi connectivity index (χ3n) is 2.95. The van der Waals surface area contributed by atoms with Crippen molar-refractivity contribution in [1.29, 1.82) is 0 Å². The Morgan fingerprint density at radius 3 is 2.85 bits per heavy atom. The van der Waals surface area contributed by atoms with Crippen LogP contribution in [0.3, 0.4) is 0 Å². The minimum Gasteiger partial charge on any atom is -0.302 e. The van der Waals surface area contributed by atoms with E-state index in [1.165, 1.54) is 37.1 Å². The molecule has 2 unspecified atom stereocenters. The van der Waals surface area contributed by atoms with E-state index in [1.807, 2.05) is 11.8 Å². The summed E-state index contributed by atoms with van der Waals surface area (Å²) in [6.45, 7) is 0. The lowest BCUT2D eigenvalue weighted by Gasteiger charge is -2.23. The zero-order valence-corrected chi connectivity index (χ0v) is 9.46. The second-order valence-corrected chi connectivity index (χ2v) is 6.89. The Balaban J connectivity index is 1.92. The minimum absolute atomic E-state index is 0.0159. The van der Waals surface area contributed by atoms with E-state index < -0.39 is 0 Å². The van der Waals surface area contributed by atoms with Crippen molar-refractivity contribution in [3.05, 3.63) is 0 Å². The lowest BCUT2D eigenvalue weighted by Crippen LogP contribution is -2.27. The van der Waals surface area contributed by atoms with Crippen LogP contribution in [0.25, 0.3) is 0 Å². The summed E-state index contributed by atoms with van der Waals surface area (Å²) in [5.41, 5.74) is 0. The van der Waals surface area contributed by atoms with Gasteiger partial charge < -0.3 is 4.79 Å². The molecular formula is C10H16OS2. The lowest BCUT2D eigenvalue weighted by molar-refractivity contribution is -0.110. The topological polar surface area (TPSA) is 17.1 Å². The van der Waals surface area contributed by atoms with Gasteiger partial charge in [-0.1, -0.05) is 0 Å². The molecule has 0 N–H and O–H groups in total. The van der Waals surface area contributed by atoms with E-state index in [0.29, 0.717) is 0 Å². The second-order valence-electron chi connectivity index (χ2n) is 3.97. The molecule has 0 aromatic rings. The van der Waals surface area contributed by atoms with Gasteiger partial charge in [0.2, 0.25) is 0 Å². The Labute approximate surface area is 88.4 Å². The van der Waals surface area contributed by atoms with Crippen LogP contribution in [-0.2, 0) is 4.79 Å². The van der Waals surface area contributed by atoms with Gasteiger partial charge in [0.15, 0.2) is 0 Å². The minimum atomic E-state index is 0.0159. The Hall–Kier alpha value is 0.370. The third kappa shape index (κ3) is 2.24. The molecule has 1 nitrogen and oxygen atoms in total. The number of carbonyl (C=O) groups excluding carboxylic acids is 1. The van der Waals surface area contributed by atoms with Crippen LogP contribution in [0.2, 0.25) is 0 Å². The van der Waals surface area contributed by atoms with Crippen LogP contribution < -0.4 is 0 Å². The Bertz CT molecular complexity index is 181.